The number of hydrogen-bond donors (Lipinski definition) is 0. The van der Waals surface area contributed by atoms with E-state index in [0.29, 0.717) is 27.3 Å². The van der Waals surface area contributed by atoms with Crippen LogP contribution in [0.4, 0.5) is 4.39 Å². The third-order valence-electron chi connectivity index (χ3n) is 2.88. The van der Waals surface area contributed by atoms with E-state index < -0.39 is 0 Å². The van der Waals surface area contributed by atoms with Crippen molar-refractivity contribution in [2.24, 2.45) is 0 Å². The third-order valence-corrected chi connectivity index (χ3v) is 4.11. The Morgan fingerprint density at radius 1 is 1.11 bits per heavy atom. The molecular weight excluding hydrogens is 331 g/mol. The highest BCUT2D eigenvalue weighted by Crippen LogP contribution is 2.25. The molecule has 98 valence electrons. The Labute approximate surface area is 124 Å². The highest BCUT2D eigenvalue weighted by atomic mass is 79.9. The van der Waals surface area contributed by atoms with Crippen molar-refractivity contribution in [3.63, 3.8) is 0 Å². The molecule has 0 atom stereocenters. The van der Waals surface area contributed by atoms with Crippen molar-refractivity contribution in [2.75, 3.05) is 0 Å². The summed E-state index contributed by atoms with van der Waals surface area (Å²) in [6.45, 7) is 3.29. The van der Waals surface area contributed by atoms with Crippen molar-refractivity contribution < 1.29 is 9.18 Å². The van der Waals surface area contributed by atoms with E-state index in [2.05, 4.69) is 15.9 Å². The number of ketones is 1. The summed E-state index contributed by atoms with van der Waals surface area (Å²) in [7, 11) is 0. The second-order valence-electron chi connectivity index (χ2n) is 4.38. The Morgan fingerprint density at radius 2 is 1.68 bits per heavy atom. The maximum Gasteiger partial charge on any atom is 0.193 e. The summed E-state index contributed by atoms with van der Waals surface area (Å²) in [5.74, 6) is -0.439. The van der Waals surface area contributed by atoms with Crippen LogP contribution in [-0.2, 0) is 0 Å². The Hall–Kier alpha value is -1.19. The van der Waals surface area contributed by atoms with Crippen LogP contribution in [0.2, 0.25) is 5.02 Å². The first kappa shape index (κ1) is 14.2. The van der Waals surface area contributed by atoms with E-state index in [9.17, 15) is 9.18 Å². The standard InChI is InChI=1S/C15H11BrClFO/c1-8-5-11(6-9(2)14(8)18)15(19)10-3-4-12(16)13(17)7-10/h3-7H,1-2H3. The van der Waals surface area contributed by atoms with E-state index in [1.165, 1.54) is 0 Å². The van der Waals surface area contributed by atoms with E-state index in [4.69, 9.17) is 11.6 Å². The molecule has 2 rings (SSSR count). The lowest BCUT2D eigenvalue weighted by molar-refractivity contribution is 0.103. The maximum atomic E-state index is 13.6. The molecule has 2 aromatic carbocycles. The number of carbonyl (C=O) groups is 1. The first-order chi connectivity index (χ1) is 8.90. The van der Waals surface area contributed by atoms with Crippen LogP contribution in [0.1, 0.15) is 27.0 Å². The van der Waals surface area contributed by atoms with Gasteiger partial charge in [-0.15, -0.1) is 0 Å². The molecule has 0 heterocycles. The fourth-order valence-corrected chi connectivity index (χ4v) is 2.31. The van der Waals surface area contributed by atoms with Crippen LogP contribution in [0.25, 0.3) is 0 Å². The van der Waals surface area contributed by atoms with Gasteiger partial charge >= 0.3 is 0 Å². The van der Waals surface area contributed by atoms with E-state index in [1.807, 2.05) is 0 Å². The van der Waals surface area contributed by atoms with Gasteiger partial charge in [0, 0.05) is 15.6 Å². The number of rotatable bonds is 2. The van der Waals surface area contributed by atoms with Gasteiger partial charge < -0.3 is 0 Å². The third kappa shape index (κ3) is 2.88. The molecule has 0 N–H and O–H groups in total. The zero-order valence-electron chi connectivity index (χ0n) is 10.4. The van der Waals surface area contributed by atoms with Crippen LogP contribution in [0.5, 0.6) is 0 Å². The van der Waals surface area contributed by atoms with E-state index >= 15 is 0 Å². The average Bonchev–Trinajstić information content (AvgIpc) is 2.37. The van der Waals surface area contributed by atoms with Gasteiger partial charge in [-0.1, -0.05) is 11.6 Å². The molecule has 0 saturated carbocycles. The lowest BCUT2D eigenvalue weighted by atomic mass is 9.99. The number of carbonyl (C=O) groups excluding carboxylic acids is 1. The summed E-state index contributed by atoms with van der Waals surface area (Å²) in [6.07, 6.45) is 0. The molecule has 0 saturated heterocycles. The Bertz CT molecular complexity index is 644. The lowest BCUT2D eigenvalue weighted by Gasteiger charge is -2.07. The quantitative estimate of drug-likeness (QED) is 0.695. The largest absolute Gasteiger partial charge is 0.289 e. The van der Waals surface area contributed by atoms with Crippen LogP contribution in [0, 0.1) is 19.7 Å². The summed E-state index contributed by atoms with van der Waals surface area (Å²) in [5, 5.41) is 0.474. The zero-order valence-corrected chi connectivity index (χ0v) is 12.8. The first-order valence-electron chi connectivity index (χ1n) is 5.66. The molecule has 4 heteroatoms. The zero-order chi connectivity index (χ0) is 14.2. The van der Waals surface area contributed by atoms with Gasteiger partial charge in [0.15, 0.2) is 5.78 Å². The van der Waals surface area contributed by atoms with Gasteiger partial charge in [-0.2, -0.15) is 0 Å². The highest BCUT2D eigenvalue weighted by molar-refractivity contribution is 9.10. The van der Waals surface area contributed by atoms with Gasteiger partial charge in [0.25, 0.3) is 0 Å². The Morgan fingerprint density at radius 3 is 2.21 bits per heavy atom. The Balaban J connectivity index is 2.47. The molecular formula is C15H11BrClFO. The van der Waals surface area contributed by atoms with Gasteiger partial charge in [0.05, 0.1) is 5.02 Å². The van der Waals surface area contributed by atoms with Crippen LogP contribution in [0.15, 0.2) is 34.8 Å². The summed E-state index contributed by atoms with van der Waals surface area (Å²) in [5.41, 5.74) is 1.88. The predicted molar refractivity (Wildman–Crippen MR) is 78.5 cm³/mol. The minimum atomic E-state index is -0.273. The molecule has 0 aliphatic heterocycles. The molecule has 2 aromatic rings. The summed E-state index contributed by atoms with van der Waals surface area (Å²) >= 11 is 9.25. The van der Waals surface area contributed by atoms with Gasteiger partial charge in [0.1, 0.15) is 5.82 Å². The first-order valence-corrected chi connectivity index (χ1v) is 6.83. The highest BCUT2D eigenvalue weighted by Gasteiger charge is 2.13. The monoisotopic (exact) mass is 340 g/mol. The topological polar surface area (TPSA) is 17.1 Å². The summed E-state index contributed by atoms with van der Waals surface area (Å²) in [6, 6.07) is 8.12. The molecule has 0 unspecified atom stereocenters. The van der Waals surface area contributed by atoms with E-state index in [0.717, 1.165) is 4.47 Å². The molecule has 0 aliphatic rings. The Kier molecular flexibility index (Phi) is 4.07. The molecule has 0 aliphatic carbocycles. The number of halogens is 3. The summed E-state index contributed by atoms with van der Waals surface area (Å²) < 4.78 is 14.3. The van der Waals surface area contributed by atoms with Crippen LogP contribution < -0.4 is 0 Å². The second kappa shape index (κ2) is 5.43. The number of aryl methyl sites for hydroxylation is 2. The van der Waals surface area contributed by atoms with Crippen LogP contribution >= 0.6 is 27.5 Å². The van der Waals surface area contributed by atoms with E-state index in [1.54, 1.807) is 44.2 Å². The molecule has 0 aromatic heterocycles. The van der Waals surface area contributed by atoms with Crippen molar-refractivity contribution in [1.29, 1.82) is 0 Å². The van der Waals surface area contributed by atoms with Crippen molar-refractivity contribution in [2.45, 2.75) is 13.8 Å². The minimum Gasteiger partial charge on any atom is -0.289 e. The lowest BCUT2D eigenvalue weighted by Crippen LogP contribution is -2.03. The van der Waals surface area contributed by atoms with Crippen LogP contribution in [0.3, 0.4) is 0 Å². The maximum absolute atomic E-state index is 13.6. The minimum absolute atomic E-state index is 0.166. The fraction of sp³-hybridized carbons (Fsp3) is 0.133. The SMILES string of the molecule is Cc1cc(C(=O)c2ccc(Br)c(Cl)c2)cc(C)c1F. The summed E-state index contributed by atoms with van der Waals surface area (Å²) in [4.78, 5) is 12.3. The fourth-order valence-electron chi connectivity index (χ4n) is 1.88. The molecule has 0 amide bonds. The molecule has 0 bridgehead atoms. The van der Waals surface area contributed by atoms with Gasteiger partial charge in [-0.05, 0) is 71.2 Å². The van der Waals surface area contributed by atoms with Crippen molar-refractivity contribution in [1.82, 2.24) is 0 Å². The number of benzene rings is 2. The average molecular weight is 342 g/mol. The van der Waals surface area contributed by atoms with Gasteiger partial charge in [0.2, 0.25) is 0 Å². The van der Waals surface area contributed by atoms with E-state index in [-0.39, 0.29) is 11.6 Å². The molecule has 0 fully saturated rings. The van der Waals surface area contributed by atoms with Crippen molar-refractivity contribution in [3.8, 4) is 0 Å². The molecule has 0 radical (unpaired) electrons. The van der Waals surface area contributed by atoms with Crippen molar-refractivity contribution in [3.05, 3.63) is 67.9 Å². The molecule has 1 nitrogen and oxygen atoms in total. The number of hydrogen-bond acceptors (Lipinski definition) is 1. The predicted octanol–water partition coefficient (Wildman–Crippen LogP) is 5.09. The van der Waals surface area contributed by atoms with Crippen molar-refractivity contribution >= 4 is 33.3 Å². The normalized spacial score (nSPS) is 10.6. The van der Waals surface area contributed by atoms with Crippen LogP contribution in [-0.4, -0.2) is 5.78 Å². The van der Waals surface area contributed by atoms with Gasteiger partial charge in [-0.3, -0.25) is 4.79 Å². The molecule has 0 spiro atoms. The molecule has 19 heavy (non-hydrogen) atoms. The second-order valence-corrected chi connectivity index (χ2v) is 5.64. The van der Waals surface area contributed by atoms with Gasteiger partial charge in [-0.25, -0.2) is 4.39 Å². The smallest absolute Gasteiger partial charge is 0.193 e.